The molecule has 1 fully saturated rings. The maximum Gasteiger partial charge on any atom is 0.123 e. The van der Waals surface area contributed by atoms with Crippen LogP contribution in [-0.4, -0.2) is 16.1 Å². The van der Waals surface area contributed by atoms with Crippen molar-refractivity contribution in [3.05, 3.63) is 23.4 Å². The summed E-state index contributed by atoms with van der Waals surface area (Å²) < 4.78 is 0. The molecule has 0 bridgehead atoms. The highest BCUT2D eigenvalue weighted by Crippen LogP contribution is 2.18. The molecule has 0 atom stereocenters. The van der Waals surface area contributed by atoms with Gasteiger partial charge in [-0.3, -0.25) is 0 Å². The third-order valence-corrected chi connectivity index (χ3v) is 3.17. The maximum absolute atomic E-state index is 9.19. The zero-order valence-corrected chi connectivity index (χ0v) is 9.45. The van der Waals surface area contributed by atoms with Gasteiger partial charge < -0.3 is 16.2 Å². The zero-order chi connectivity index (χ0) is 11.4. The average Bonchev–Trinajstić information content (AvgIpc) is 2.79. The Morgan fingerprint density at radius 1 is 1.38 bits per heavy atom. The molecule has 16 heavy (non-hydrogen) atoms. The first-order chi connectivity index (χ1) is 7.79. The van der Waals surface area contributed by atoms with E-state index in [1.165, 1.54) is 25.7 Å². The molecule has 88 valence electrons. The quantitative estimate of drug-likeness (QED) is 0.714. The summed E-state index contributed by atoms with van der Waals surface area (Å²) in [6, 6.07) is 4.17. The van der Waals surface area contributed by atoms with Crippen molar-refractivity contribution in [2.75, 3.05) is 5.73 Å². The molecule has 0 amide bonds. The number of nitrogen functional groups attached to an aromatic ring is 1. The van der Waals surface area contributed by atoms with Crippen LogP contribution in [0.1, 0.15) is 36.9 Å². The van der Waals surface area contributed by atoms with Crippen molar-refractivity contribution in [2.24, 2.45) is 0 Å². The average molecular weight is 221 g/mol. The van der Waals surface area contributed by atoms with Crippen molar-refractivity contribution >= 4 is 5.82 Å². The second kappa shape index (κ2) is 5.27. The standard InChI is InChI=1S/C12H19N3O/c13-12-6-5-9(8-16)11(15-12)7-14-10-3-1-2-4-10/h5-6,10,14,16H,1-4,7-8H2,(H2,13,15). The molecule has 0 radical (unpaired) electrons. The van der Waals surface area contributed by atoms with E-state index in [1.807, 2.05) is 6.07 Å². The number of hydrogen-bond acceptors (Lipinski definition) is 4. The molecule has 0 spiro atoms. The summed E-state index contributed by atoms with van der Waals surface area (Å²) in [7, 11) is 0. The number of rotatable bonds is 4. The lowest BCUT2D eigenvalue weighted by molar-refractivity contribution is 0.279. The molecule has 0 saturated heterocycles. The van der Waals surface area contributed by atoms with Crippen LogP contribution in [0.4, 0.5) is 5.82 Å². The topological polar surface area (TPSA) is 71.2 Å². The van der Waals surface area contributed by atoms with Crippen LogP contribution in [-0.2, 0) is 13.2 Å². The first-order valence-corrected chi connectivity index (χ1v) is 5.88. The van der Waals surface area contributed by atoms with Gasteiger partial charge in [-0.1, -0.05) is 18.9 Å². The molecule has 2 rings (SSSR count). The van der Waals surface area contributed by atoms with Crippen molar-refractivity contribution in [3.63, 3.8) is 0 Å². The number of hydrogen-bond donors (Lipinski definition) is 3. The van der Waals surface area contributed by atoms with Gasteiger partial charge in [0, 0.05) is 18.2 Å². The summed E-state index contributed by atoms with van der Waals surface area (Å²) in [6.45, 7) is 0.723. The van der Waals surface area contributed by atoms with Crippen molar-refractivity contribution in [2.45, 2.75) is 44.9 Å². The fourth-order valence-corrected chi connectivity index (χ4v) is 2.22. The highest BCUT2D eigenvalue weighted by molar-refractivity contribution is 5.33. The number of nitrogens with zero attached hydrogens (tertiary/aromatic N) is 1. The Bertz CT molecular complexity index is 348. The van der Waals surface area contributed by atoms with E-state index in [2.05, 4.69) is 10.3 Å². The van der Waals surface area contributed by atoms with Crippen molar-refractivity contribution < 1.29 is 5.11 Å². The fourth-order valence-electron chi connectivity index (χ4n) is 2.22. The molecule has 0 aromatic carbocycles. The van der Waals surface area contributed by atoms with Gasteiger partial charge in [0.1, 0.15) is 5.82 Å². The molecule has 1 aromatic rings. The van der Waals surface area contributed by atoms with Gasteiger partial charge in [0.25, 0.3) is 0 Å². The summed E-state index contributed by atoms with van der Waals surface area (Å²) in [5, 5.41) is 12.7. The molecule has 0 aliphatic heterocycles. The highest BCUT2D eigenvalue weighted by atomic mass is 16.3. The van der Waals surface area contributed by atoms with Crippen LogP contribution in [0.3, 0.4) is 0 Å². The Morgan fingerprint density at radius 2 is 2.12 bits per heavy atom. The van der Waals surface area contributed by atoms with Crippen LogP contribution < -0.4 is 11.1 Å². The molecule has 1 aliphatic rings. The summed E-state index contributed by atoms with van der Waals surface area (Å²) in [4.78, 5) is 4.26. The number of aliphatic hydroxyl groups is 1. The molecular formula is C12H19N3O. The van der Waals surface area contributed by atoms with Crippen LogP contribution in [0.2, 0.25) is 0 Å². The summed E-state index contributed by atoms with van der Waals surface area (Å²) in [5.74, 6) is 0.514. The Labute approximate surface area is 95.9 Å². The van der Waals surface area contributed by atoms with Crippen LogP contribution in [0, 0.1) is 0 Å². The monoisotopic (exact) mass is 221 g/mol. The maximum atomic E-state index is 9.19. The third-order valence-electron chi connectivity index (χ3n) is 3.17. The van der Waals surface area contributed by atoms with E-state index in [1.54, 1.807) is 6.07 Å². The van der Waals surface area contributed by atoms with E-state index in [-0.39, 0.29) is 6.61 Å². The molecule has 1 heterocycles. The molecule has 4 heteroatoms. The zero-order valence-electron chi connectivity index (χ0n) is 9.45. The van der Waals surface area contributed by atoms with Gasteiger partial charge in [-0.2, -0.15) is 0 Å². The molecular weight excluding hydrogens is 202 g/mol. The first-order valence-electron chi connectivity index (χ1n) is 5.88. The van der Waals surface area contributed by atoms with Crippen LogP contribution in [0.5, 0.6) is 0 Å². The van der Waals surface area contributed by atoms with Gasteiger partial charge in [0.05, 0.1) is 12.3 Å². The molecule has 4 N–H and O–H groups in total. The molecule has 1 saturated carbocycles. The van der Waals surface area contributed by atoms with Crippen molar-refractivity contribution in [1.82, 2.24) is 10.3 Å². The minimum absolute atomic E-state index is 0.0228. The molecule has 0 unspecified atom stereocenters. The minimum atomic E-state index is 0.0228. The number of nitrogens with two attached hydrogens (primary N) is 1. The van der Waals surface area contributed by atoms with Crippen LogP contribution in [0.25, 0.3) is 0 Å². The predicted molar refractivity (Wildman–Crippen MR) is 63.7 cm³/mol. The van der Waals surface area contributed by atoms with Gasteiger partial charge in [-0.15, -0.1) is 0 Å². The van der Waals surface area contributed by atoms with E-state index in [9.17, 15) is 5.11 Å². The number of aliphatic hydroxyl groups excluding tert-OH is 1. The van der Waals surface area contributed by atoms with Crippen LogP contribution in [0.15, 0.2) is 12.1 Å². The summed E-state index contributed by atoms with van der Waals surface area (Å²) >= 11 is 0. The Hall–Kier alpha value is -1.13. The van der Waals surface area contributed by atoms with Gasteiger partial charge in [-0.25, -0.2) is 4.98 Å². The van der Waals surface area contributed by atoms with Gasteiger partial charge in [-0.05, 0) is 18.9 Å². The van der Waals surface area contributed by atoms with E-state index in [0.29, 0.717) is 18.4 Å². The Kier molecular flexibility index (Phi) is 3.74. The second-order valence-electron chi connectivity index (χ2n) is 4.36. The van der Waals surface area contributed by atoms with E-state index in [0.717, 1.165) is 11.3 Å². The molecule has 4 nitrogen and oxygen atoms in total. The lowest BCUT2D eigenvalue weighted by atomic mass is 10.2. The predicted octanol–water partition coefficient (Wildman–Crippen LogP) is 1.19. The smallest absolute Gasteiger partial charge is 0.123 e. The largest absolute Gasteiger partial charge is 0.392 e. The van der Waals surface area contributed by atoms with E-state index in [4.69, 9.17) is 5.73 Å². The summed E-state index contributed by atoms with van der Waals surface area (Å²) in [6.07, 6.45) is 5.12. The van der Waals surface area contributed by atoms with Gasteiger partial charge >= 0.3 is 0 Å². The van der Waals surface area contributed by atoms with Crippen molar-refractivity contribution in [3.8, 4) is 0 Å². The minimum Gasteiger partial charge on any atom is -0.392 e. The number of anilines is 1. The van der Waals surface area contributed by atoms with Crippen molar-refractivity contribution in [1.29, 1.82) is 0 Å². The van der Waals surface area contributed by atoms with Gasteiger partial charge in [0.2, 0.25) is 0 Å². The normalized spacial score (nSPS) is 16.8. The number of aromatic nitrogens is 1. The first kappa shape index (κ1) is 11.4. The Balaban J connectivity index is 1.98. The number of nitrogens with one attached hydrogen (secondary N) is 1. The molecule has 1 aliphatic carbocycles. The SMILES string of the molecule is Nc1ccc(CO)c(CNC2CCCC2)n1. The molecule has 1 aromatic heterocycles. The van der Waals surface area contributed by atoms with E-state index < -0.39 is 0 Å². The lowest BCUT2D eigenvalue weighted by Crippen LogP contribution is -2.26. The third kappa shape index (κ3) is 2.71. The second-order valence-corrected chi connectivity index (χ2v) is 4.36. The fraction of sp³-hybridized carbons (Fsp3) is 0.583. The summed E-state index contributed by atoms with van der Waals surface area (Å²) in [5.41, 5.74) is 7.38. The Morgan fingerprint density at radius 3 is 2.81 bits per heavy atom. The highest BCUT2D eigenvalue weighted by Gasteiger charge is 2.14. The lowest BCUT2D eigenvalue weighted by Gasteiger charge is -2.13. The van der Waals surface area contributed by atoms with Crippen LogP contribution >= 0.6 is 0 Å². The number of pyridine rings is 1. The van der Waals surface area contributed by atoms with E-state index >= 15 is 0 Å². The van der Waals surface area contributed by atoms with Gasteiger partial charge in [0.15, 0.2) is 0 Å².